The number of nitrogens with two attached hydrogens (primary N) is 1. The van der Waals surface area contributed by atoms with E-state index in [1.165, 1.54) is 19.1 Å². The predicted molar refractivity (Wildman–Crippen MR) is 103 cm³/mol. The maximum Gasteiger partial charge on any atom is 0.424 e. The molecule has 1 aliphatic heterocycles. The van der Waals surface area contributed by atoms with Crippen LogP contribution in [0.1, 0.15) is 35.5 Å². The van der Waals surface area contributed by atoms with Gasteiger partial charge in [-0.2, -0.15) is 13.2 Å². The molecule has 2 aromatic rings. The van der Waals surface area contributed by atoms with Crippen molar-refractivity contribution in [1.82, 2.24) is 4.98 Å². The minimum atomic E-state index is -4.82. The van der Waals surface area contributed by atoms with E-state index in [1.807, 2.05) is 0 Å². The Labute approximate surface area is 179 Å². The fourth-order valence-electron chi connectivity index (χ4n) is 3.11. The maximum absolute atomic E-state index is 14.6. The third-order valence-corrected chi connectivity index (χ3v) is 5.29. The number of hydrogen-bond acceptors (Lipinski definition) is 5. The van der Waals surface area contributed by atoms with Gasteiger partial charge in [-0.05, 0) is 37.6 Å². The molecule has 0 fully saturated rings. The zero-order valence-electron chi connectivity index (χ0n) is 16.4. The first kappa shape index (κ1) is 23.1. The third-order valence-electron chi connectivity index (χ3n) is 5.09. The first-order valence-electron chi connectivity index (χ1n) is 8.96. The van der Waals surface area contributed by atoms with Gasteiger partial charge >= 0.3 is 6.18 Å². The van der Waals surface area contributed by atoms with E-state index in [0.29, 0.717) is 0 Å². The highest BCUT2D eigenvalue weighted by atomic mass is 35.5. The van der Waals surface area contributed by atoms with Gasteiger partial charge in [0.25, 0.3) is 0 Å². The second kappa shape index (κ2) is 7.83. The fraction of sp³-hybridized carbons (Fsp3) is 0.350. The number of ketones is 1. The first-order chi connectivity index (χ1) is 14.3. The summed E-state index contributed by atoms with van der Waals surface area (Å²) in [5.41, 5.74) is 0.908. The molecule has 0 radical (unpaired) electrons. The van der Waals surface area contributed by atoms with Gasteiger partial charge in [-0.1, -0.05) is 17.7 Å². The number of aliphatic imine (C=N–C) groups is 1. The predicted octanol–water partition coefficient (Wildman–Crippen LogP) is 4.36. The number of alkyl halides is 3. The molecule has 2 atom stereocenters. The average Bonchev–Trinajstić information content (AvgIpc) is 2.65. The zero-order chi connectivity index (χ0) is 23.2. The minimum absolute atomic E-state index is 0.0182. The Morgan fingerprint density at radius 1 is 1.23 bits per heavy atom. The summed E-state index contributed by atoms with van der Waals surface area (Å²) in [7, 11) is 0. The molecule has 31 heavy (non-hydrogen) atoms. The summed E-state index contributed by atoms with van der Waals surface area (Å²) in [6.07, 6.45) is -4.04. The van der Waals surface area contributed by atoms with E-state index in [1.54, 1.807) is 0 Å². The van der Waals surface area contributed by atoms with Crippen molar-refractivity contribution < 1.29 is 31.5 Å². The topological polar surface area (TPSA) is 77.6 Å². The SMILES string of the molecule is C[C@@]1(c2cc(CC(=O)c3ncc(Cl)cc3F)ccc2F)CO[C@@](C)(C(F)(F)F)C(N)=N1. The summed E-state index contributed by atoms with van der Waals surface area (Å²) in [4.78, 5) is 20.0. The lowest BCUT2D eigenvalue weighted by atomic mass is 9.88. The van der Waals surface area contributed by atoms with Crippen LogP contribution in [0.15, 0.2) is 35.5 Å². The molecule has 0 aliphatic carbocycles. The third kappa shape index (κ3) is 4.27. The number of aromatic nitrogens is 1. The van der Waals surface area contributed by atoms with Crippen LogP contribution in [0.4, 0.5) is 22.0 Å². The van der Waals surface area contributed by atoms with E-state index in [-0.39, 0.29) is 22.6 Å². The van der Waals surface area contributed by atoms with Gasteiger partial charge in [0.15, 0.2) is 11.6 Å². The highest BCUT2D eigenvalue weighted by Gasteiger charge is 2.59. The second-order valence-electron chi connectivity index (χ2n) is 7.49. The monoisotopic (exact) mass is 461 g/mol. The van der Waals surface area contributed by atoms with Gasteiger partial charge in [-0.15, -0.1) is 0 Å². The van der Waals surface area contributed by atoms with Crippen molar-refractivity contribution in [3.63, 3.8) is 0 Å². The van der Waals surface area contributed by atoms with Crippen molar-refractivity contribution in [3.8, 4) is 0 Å². The Balaban J connectivity index is 1.94. The lowest BCUT2D eigenvalue weighted by Crippen LogP contribution is -2.60. The Bertz CT molecular complexity index is 1080. The van der Waals surface area contributed by atoms with Gasteiger partial charge < -0.3 is 10.5 Å². The highest BCUT2D eigenvalue weighted by Crippen LogP contribution is 2.41. The van der Waals surface area contributed by atoms with E-state index in [2.05, 4.69) is 9.98 Å². The van der Waals surface area contributed by atoms with Crippen LogP contribution in [0, 0.1) is 11.6 Å². The number of benzene rings is 1. The smallest absolute Gasteiger partial charge is 0.385 e. The Morgan fingerprint density at radius 3 is 2.48 bits per heavy atom. The Morgan fingerprint density at radius 2 is 1.90 bits per heavy atom. The number of Topliss-reactive ketones (excluding diaryl/α,β-unsaturated/α-hetero) is 1. The molecular formula is C20H17ClF5N3O2. The Kier molecular flexibility index (Phi) is 5.83. The van der Waals surface area contributed by atoms with Gasteiger partial charge in [0, 0.05) is 18.2 Å². The van der Waals surface area contributed by atoms with Crippen LogP contribution in [0.3, 0.4) is 0 Å². The highest BCUT2D eigenvalue weighted by molar-refractivity contribution is 6.30. The van der Waals surface area contributed by atoms with Crippen molar-refractivity contribution in [1.29, 1.82) is 0 Å². The van der Waals surface area contributed by atoms with Gasteiger partial charge in [-0.3, -0.25) is 9.79 Å². The number of pyridine rings is 1. The molecule has 5 nitrogen and oxygen atoms in total. The van der Waals surface area contributed by atoms with Crippen LogP contribution in [-0.4, -0.2) is 35.0 Å². The molecule has 0 spiro atoms. The van der Waals surface area contributed by atoms with Crippen molar-refractivity contribution in [3.05, 3.63) is 63.9 Å². The summed E-state index contributed by atoms with van der Waals surface area (Å²) < 4.78 is 73.4. The van der Waals surface area contributed by atoms with Crippen LogP contribution >= 0.6 is 11.6 Å². The van der Waals surface area contributed by atoms with Crippen LogP contribution in [0.5, 0.6) is 0 Å². The van der Waals surface area contributed by atoms with Crippen LogP contribution in [-0.2, 0) is 16.7 Å². The largest absolute Gasteiger partial charge is 0.424 e. The number of halogens is 6. The molecule has 166 valence electrons. The quantitative estimate of drug-likeness (QED) is 0.542. The lowest BCUT2D eigenvalue weighted by molar-refractivity contribution is -0.249. The van der Waals surface area contributed by atoms with Crippen molar-refractivity contribution in [2.24, 2.45) is 10.7 Å². The molecule has 2 heterocycles. The first-order valence-corrected chi connectivity index (χ1v) is 9.34. The van der Waals surface area contributed by atoms with Gasteiger partial charge in [0.2, 0.25) is 5.60 Å². The van der Waals surface area contributed by atoms with Gasteiger partial charge in [0.1, 0.15) is 22.9 Å². The lowest BCUT2D eigenvalue weighted by Gasteiger charge is -2.41. The van der Waals surface area contributed by atoms with Crippen molar-refractivity contribution in [2.75, 3.05) is 6.61 Å². The number of rotatable bonds is 4. The molecule has 0 unspecified atom stereocenters. The van der Waals surface area contributed by atoms with Crippen molar-refractivity contribution >= 4 is 23.2 Å². The van der Waals surface area contributed by atoms with E-state index in [0.717, 1.165) is 25.3 Å². The van der Waals surface area contributed by atoms with Crippen molar-refractivity contribution in [2.45, 2.75) is 37.6 Å². The fourth-order valence-corrected chi connectivity index (χ4v) is 3.26. The molecule has 0 saturated carbocycles. The summed E-state index contributed by atoms with van der Waals surface area (Å²) >= 11 is 5.62. The van der Waals surface area contributed by atoms with E-state index in [9.17, 15) is 26.7 Å². The standard InChI is InChI=1S/C20H17ClF5N3O2/c1-18(9-31-19(2,17(27)29-18)20(24,25)26)12-5-10(3-4-13(12)22)6-15(30)16-14(23)7-11(21)8-28-16/h3-5,7-8H,6,9H2,1-2H3,(H2,27,29)/t18-,19+/m0/s1. The number of nitrogens with zero attached hydrogens (tertiary/aromatic N) is 2. The minimum Gasteiger partial charge on any atom is -0.385 e. The number of carbonyl (C=O) groups is 1. The normalized spacial score (nSPS) is 24.1. The number of amidine groups is 1. The van der Waals surface area contributed by atoms with Crippen LogP contribution < -0.4 is 5.73 Å². The summed E-state index contributed by atoms with van der Waals surface area (Å²) in [5.74, 6) is -3.21. The van der Waals surface area contributed by atoms with Crippen LogP contribution in [0.2, 0.25) is 5.02 Å². The van der Waals surface area contributed by atoms with Gasteiger partial charge in [0.05, 0.1) is 11.6 Å². The maximum atomic E-state index is 14.6. The van der Waals surface area contributed by atoms with Gasteiger partial charge in [-0.25, -0.2) is 13.8 Å². The van der Waals surface area contributed by atoms with E-state index >= 15 is 0 Å². The number of hydrogen-bond donors (Lipinski definition) is 1. The Hall–Kier alpha value is -2.59. The second-order valence-corrected chi connectivity index (χ2v) is 7.93. The van der Waals surface area contributed by atoms with E-state index in [4.69, 9.17) is 22.1 Å². The number of ether oxygens (including phenoxy) is 1. The molecule has 3 rings (SSSR count). The summed E-state index contributed by atoms with van der Waals surface area (Å²) in [6.45, 7) is 1.50. The molecule has 11 heteroatoms. The summed E-state index contributed by atoms with van der Waals surface area (Å²) in [6, 6.07) is 4.54. The molecule has 1 aliphatic rings. The molecule has 0 saturated heterocycles. The zero-order valence-corrected chi connectivity index (χ0v) is 17.1. The molecule has 1 aromatic heterocycles. The van der Waals surface area contributed by atoms with E-state index < -0.39 is 52.9 Å². The van der Waals surface area contributed by atoms with Crippen LogP contribution in [0.25, 0.3) is 0 Å². The summed E-state index contributed by atoms with van der Waals surface area (Å²) in [5, 5.41) is 0.0182. The molecule has 0 bridgehead atoms. The molecular weight excluding hydrogens is 445 g/mol. The molecule has 0 amide bonds. The number of carbonyl (C=O) groups excluding carboxylic acids is 1. The molecule has 1 aromatic carbocycles. The molecule has 2 N–H and O–H groups in total. The average molecular weight is 462 g/mol.